The molecule has 4 heteroatoms. The lowest BCUT2D eigenvalue weighted by Gasteiger charge is -2.20. The maximum absolute atomic E-state index is 6.09. The lowest BCUT2D eigenvalue weighted by atomic mass is 9.89. The van der Waals surface area contributed by atoms with Gasteiger partial charge in [0.15, 0.2) is 0 Å². The van der Waals surface area contributed by atoms with Crippen LogP contribution in [0.15, 0.2) is 6.07 Å². The third kappa shape index (κ3) is 3.84. The summed E-state index contributed by atoms with van der Waals surface area (Å²) in [7, 11) is 0. The lowest BCUT2D eigenvalue weighted by molar-refractivity contribution is 0.429. The molecule has 1 N–H and O–H groups in total. The molecule has 0 bridgehead atoms. The largest absolute Gasteiger partial charge is 0.370 e. The van der Waals surface area contributed by atoms with E-state index in [1.807, 2.05) is 6.07 Å². The lowest BCUT2D eigenvalue weighted by Crippen LogP contribution is -2.11. The van der Waals surface area contributed by atoms with Gasteiger partial charge in [-0.05, 0) is 19.3 Å². The van der Waals surface area contributed by atoms with Gasteiger partial charge in [0.1, 0.15) is 16.8 Å². The Morgan fingerprint density at radius 1 is 1.28 bits per heavy atom. The smallest absolute Gasteiger partial charge is 0.135 e. The average molecular weight is 268 g/mol. The van der Waals surface area contributed by atoms with Crippen LogP contribution in [-0.4, -0.2) is 16.5 Å². The number of anilines is 1. The van der Waals surface area contributed by atoms with Crippen molar-refractivity contribution < 1.29 is 0 Å². The van der Waals surface area contributed by atoms with Gasteiger partial charge in [0, 0.05) is 18.5 Å². The summed E-state index contributed by atoms with van der Waals surface area (Å²) >= 11 is 6.09. The standard InChI is InChI=1S/C14H22ClN3/c1-2-3-9-16-13-10-12(15)17-14(18-13)11-7-5-4-6-8-11/h10-11H,2-9H2,1H3,(H,16,17,18). The zero-order valence-electron chi connectivity index (χ0n) is 11.1. The highest BCUT2D eigenvalue weighted by Gasteiger charge is 2.19. The van der Waals surface area contributed by atoms with E-state index in [1.54, 1.807) is 0 Å². The molecule has 0 aromatic carbocycles. The molecule has 0 spiro atoms. The van der Waals surface area contributed by atoms with Crippen LogP contribution in [0, 0.1) is 0 Å². The number of hydrogen-bond acceptors (Lipinski definition) is 3. The van der Waals surface area contributed by atoms with E-state index in [9.17, 15) is 0 Å². The quantitative estimate of drug-likeness (QED) is 0.635. The topological polar surface area (TPSA) is 37.8 Å². The number of halogens is 1. The second-order valence-corrected chi connectivity index (χ2v) is 5.44. The second-order valence-electron chi connectivity index (χ2n) is 5.05. The van der Waals surface area contributed by atoms with E-state index in [4.69, 9.17) is 11.6 Å². The summed E-state index contributed by atoms with van der Waals surface area (Å²) in [6.07, 6.45) is 8.67. The molecule has 0 aliphatic heterocycles. The summed E-state index contributed by atoms with van der Waals surface area (Å²) in [4.78, 5) is 9.02. The van der Waals surface area contributed by atoms with Crippen LogP contribution < -0.4 is 5.32 Å². The number of rotatable bonds is 5. The van der Waals surface area contributed by atoms with Gasteiger partial charge in [-0.15, -0.1) is 0 Å². The fourth-order valence-corrected chi connectivity index (χ4v) is 2.65. The van der Waals surface area contributed by atoms with Crippen molar-refractivity contribution in [3.05, 3.63) is 17.0 Å². The Morgan fingerprint density at radius 2 is 2.06 bits per heavy atom. The van der Waals surface area contributed by atoms with Gasteiger partial charge in [-0.1, -0.05) is 44.2 Å². The van der Waals surface area contributed by atoms with E-state index in [0.717, 1.165) is 24.6 Å². The van der Waals surface area contributed by atoms with Crippen LogP contribution in [0.2, 0.25) is 5.15 Å². The first kappa shape index (κ1) is 13.6. The molecule has 0 amide bonds. The summed E-state index contributed by atoms with van der Waals surface area (Å²) in [5.74, 6) is 2.31. The fourth-order valence-electron chi connectivity index (χ4n) is 2.46. The van der Waals surface area contributed by atoms with E-state index < -0.39 is 0 Å². The Morgan fingerprint density at radius 3 is 2.78 bits per heavy atom. The highest BCUT2D eigenvalue weighted by molar-refractivity contribution is 6.29. The Hall–Kier alpha value is -0.830. The van der Waals surface area contributed by atoms with Gasteiger partial charge in [0.25, 0.3) is 0 Å². The molecule has 0 unspecified atom stereocenters. The van der Waals surface area contributed by atoms with Crippen molar-refractivity contribution in [1.29, 1.82) is 0 Å². The Bertz CT molecular complexity index is 375. The van der Waals surface area contributed by atoms with E-state index >= 15 is 0 Å². The fraction of sp³-hybridized carbons (Fsp3) is 0.714. The number of aromatic nitrogens is 2. The van der Waals surface area contributed by atoms with Gasteiger partial charge in [-0.25, -0.2) is 9.97 Å². The molecule has 0 saturated heterocycles. The van der Waals surface area contributed by atoms with E-state index in [1.165, 1.54) is 38.5 Å². The van der Waals surface area contributed by atoms with Crippen LogP contribution in [-0.2, 0) is 0 Å². The molecule has 1 aliphatic carbocycles. The van der Waals surface area contributed by atoms with Gasteiger partial charge < -0.3 is 5.32 Å². The van der Waals surface area contributed by atoms with Crippen LogP contribution in [0.25, 0.3) is 0 Å². The third-order valence-electron chi connectivity index (χ3n) is 3.52. The summed E-state index contributed by atoms with van der Waals surface area (Å²) in [5, 5.41) is 3.89. The van der Waals surface area contributed by atoms with Crippen molar-refractivity contribution in [1.82, 2.24) is 9.97 Å². The summed E-state index contributed by atoms with van der Waals surface area (Å²) in [6, 6.07) is 1.82. The van der Waals surface area contributed by atoms with Crippen molar-refractivity contribution in [2.45, 2.75) is 57.8 Å². The summed E-state index contributed by atoms with van der Waals surface area (Å²) < 4.78 is 0. The molecule has 1 aromatic rings. The van der Waals surface area contributed by atoms with Crippen molar-refractivity contribution in [2.75, 3.05) is 11.9 Å². The molecule has 18 heavy (non-hydrogen) atoms. The minimum atomic E-state index is 0.504. The average Bonchev–Trinajstić information content (AvgIpc) is 2.39. The minimum absolute atomic E-state index is 0.504. The molecule has 1 saturated carbocycles. The Balaban J connectivity index is 2.05. The summed E-state index contributed by atoms with van der Waals surface area (Å²) in [5.41, 5.74) is 0. The second kappa shape index (κ2) is 6.93. The third-order valence-corrected chi connectivity index (χ3v) is 3.71. The van der Waals surface area contributed by atoms with Gasteiger partial charge in [-0.2, -0.15) is 0 Å². The molecule has 1 fully saturated rings. The van der Waals surface area contributed by atoms with Crippen LogP contribution in [0.1, 0.15) is 63.6 Å². The van der Waals surface area contributed by atoms with Gasteiger partial charge in [-0.3, -0.25) is 0 Å². The predicted molar refractivity (Wildman–Crippen MR) is 76.3 cm³/mol. The number of nitrogens with one attached hydrogen (secondary N) is 1. The first-order valence-electron chi connectivity index (χ1n) is 7.08. The van der Waals surface area contributed by atoms with Crippen LogP contribution in [0.4, 0.5) is 5.82 Å². The molecule has 1 heterocycles. The molecular formula is C14H22ClN3. The minimum Gasteiger partial charge on any atom is -0.370 e. The molecule has 0 atom stereocenters. The van der Waals surface area contributed by atoms with Crippen molar-refractivity contribution in [3.8, 4) is 0 Å². The van der Waals surface area contributed by atoms with Crippen LogP contribution in [0.5, 0.6) is 0 Å². The molecule has 2 rings (SSSR count). The van der Waals surface area contributed by atoms with Crippen molar-refractivity contribution in [2.24, 2.45) is 0 Å². The van der Waals surface area contributed by atoms with Crippen molar-refractivity contribution in [3.63, 3.8) is 0 Å². The van der Waals surface area contributed by atoms with Crippen molar-refractivity contribution >= 4 is 17.4 Å². The molecular weight excluding hydrogens is 246 g/mol. The number of unbranched alkanes of at least 4 members (excludes halogenated alkanes) is 1. The molecule has 100 valence electrons. The van der Waals surface area contributed by atoms with E-state index in [0.29, 0.717) is 11.1 Å². The normalized spacial score (nSPS) is 16.8. The molecule has 3 nitrogen and oxygen atoms in total. The number of hydrogen-bond donors (Lipinski definition) is 1. The van der Waals surface area contributed by atoms with E-state index in [-0.39, 0.29) is 0 Å². The van der Waals surface area contributed by atoms with Crippen LogP contribution in [0.3, 0.4) is 0 Å². The Labute approximate surface area is 114 Å². The Kier molecular flexibility index (Phi) is 5.24. The zero-order chi connectivity index (χ0) is 12.8. The van der Waals surface area contributed by atoms with Gasteiger partial charge in [0.05, 0.1) is 0 Å². The molecule has 1 aromatic heterocycles. The maximum atomic E-state index is 6.09. The molecule has 0 radical (unpaired) electrons. The van der Waals surface area contributed by atoms with Crippen LogP contribution >= 0.6 is 11.6 Å². The SMILES string of the molecule is CCCCNc1cc(Cl)nc(C2CCCCC2)n1. The zero-order valence-corrected chi connectivity index (χ0v) is 11.8. The monoisotopic (exact) mass is 267 g/mol. The number of nitrogens with zero attached hydrogens (tertiary/aromatic N) is 2. The molecule has 1 aliphatic rings. The highest BCUT2D eigenvalue weighted by atomic mass is 35.5. The highest BCUT2D eigenvalue weighted by Crippen LogP contribution is 2.31. The van der Waals surface area contributed by atoms with E-state index in [2.05, 4.69) is 22.2 Å². The maximum Gasteiger partial charge on any atom is 0.135 e. The first-order valence-corrected chi connectivity index (χ1v) is 7.45. The van der Waals surface area contributed by atoms with Gasteiger partial charge in [0.2, 0.25) is 0 Å². The first-order chi connectivity index (χ1) is 8.79. The van der Waals surface area contributed by atoms with Gasteiger partial charge >= 0.3 is 0 Å². The summed E-state index contributed by atoms with van der Waals surface area (Å²) in [6.45, 7) is 3.13. The predicted octanol–water partition coefficient (Wildman–Crippen LogP) is 4.39.